The zero-order chi connectivity index (χ0) is 32.1. The Kier molecular flexibility index (Phi) is 13.9. The van der Waals surface area contributed by atoms with Crippen molar-refractivity contribution in [2.45, 2.75) is 109 Å². The third-order valence-corrected chi connectivity index (χ3v) is 8.31. The maximum Gasteiger partial charge on any atom is 0.249 e. The van der Waals surface area contributed by atoms with E-state index in [4.69, 9.17) is 27.1 Å². The number of unbranched alkanes of at least 4 members (excludes halogenated alkanes) is 1. The zero-order valence-corrected chi connectivity index (χ0v) is 26.2. The third kappa shape index (κ3) is 11.1. The van der Waals surface area contributed by atoms with E-state index in [-0.39, 0.29) is 18.1 Å². The van der Waals surface area contributed by atoms with Gasteiger partial charge in [0.15, 0.2) is 11.8 Å². The highest BCUT2D eigenvalue weighted by atomic mass is 16.5. The van der Waals surface area contributed by atoms with Crippen molar-refractivity contribution in [2.24, 2.45) is 23.1 Å². The fourth-order valence-electron chi connectivity index (χ4n) is 5.82. The van der Waals surface area contributed by atoms with Crippen LogP contribution >= 0.6 is 0 Å². The number of hydrogen-bond acceptors (Lipinski definition) is 9. The van der Waals surface area contributed by atoms with Crippen molar-refractivity contribution >= 4 is 17.8 Å². The summed E-state index contributed by atoms with van der Waals surface area (Å²) in [4.78, 5) is 31.7. The summed E-state index contributed by atoms with van der Waals surface area (Å²) in [6, 6.07) is 0.908. The molecule has 2 amide bonds. The summed E-state index contributed by atoms with van der Waals surface area (Å²) in [6.45, 7) is 4.64. The molecule has 13 heteroatoms. The number of aromatic nitrogens is 2. The number of carbonyl (C=O) groups excluding carboxylic acids is 2. The number of aryl methyl sites for hydroxylation is 2. The molecule has 1 aromatic heterocycles. The standard InChI is InChI=1S/C31H51N9O4/c1-19-15-22(41)16-20(2)23(19)18-26(38-28(42)24(33)11-8-14-36-31(34)35)29(43)37-25(12-6-7-13-32)30-39-27(40-44-30)17-21-9-4-3-5-10-21/h15-16,21,24-26,41H,3-14,17-18,32-33H2,1-2H3,(H,37,43)(H,38,42)(H4,34,35,36)/t24?,25-,26?/m0/s1. The minimum Gasteiger partial charge on any atom is -0.508 e. The lowest BCUT2D eigenvalue weighted by atomic mass is 9.87. The van der Waals surface area contributed by atoms with E-state index in [0.717, 1.165) is 48.8 Å². The molecule has 0 radical (unpaired) electrons. The van der Waals surface area contributed by atoms with E-state index in [0.29, 0.717) is 50.0 Å². The Hall–Kier alpha value is -3.71. The van der Waals surface area contributed by atoms with Crippen LogP contribution in [-0.4, -0.2) is 58.2 Å². The van der Waals surface area contributed by atoms with Crippen molar-refractivity contribution < 1.29 is 19.2 Å². The lowest BCUT2D eigenvalue weighted by Gasteiger charge is -2.24. The smallest absolute Gasteiger partial charge is 0.249 e. The monoisotopic (exact) mass is 613 g/mol. The molecule has 1 heterocycles. The first-order valence-corrected chi connectivity index (χ1v) is 15.8. The molecule has 13 nitrogen and oxygen atoms in total. The van der Waals surface area contributed by atoms with Crippen molar-refractivity contribution in [1.82, 2.24) is 26.1 Å². The van der Waals surface area contributed by atoms with E-state index in [1.54, 1.807) is 12.1 Å². The minimum absolute atomic E-state index is 0.135. The molecule has 44 heavy (non-hydrogen) atoms. The van der Waals surface area contributed by atoms with E-state index in [2.05, 4.69) is 26.1 Å². The molecule has 0 bridgehead atoms. The SMILES string of the molecule is Cc1cc(O)cc(C)c1CC(NC(=O)C(N)CCCNC(=N)N)C(=O)N[C@@H](CCCCN)c1nc(CC2CCCCC2)no1. The molecule has 0 aliphatic heterocycles. The van der Waals surface area contributed by atoms with Crippen molar-refractivity contribution in [1.29, 1.82) is 5.41 Å². The van der Waals surface area contributed by atoms with Crippen LogP contribution in [0.25, 0.3) is 0 Å². The van der Waals surface area contributed by atoms with Gasteiger partial charge in [-0.25, -0.2) is 0 Å². The Balaban J connectivity index is 1.78. The summed E-state index contributed by atoms with van der Waals surface area (Å²) >= 11 is 0. The normalized spacial score (nSPS) is 15.7. The van der Waals surface area contributed by atoms with Crippen LogP contribution in [-0.2, 0) is 22.4 Å². The van der Waals surface area contributed by atoms with E-state index in [9.17, 15) is 14.7 Å². The fourth-order valence-corrected chi connectivity index (χ4v) is 5.82. The number of aromatic hydroxyl groups is 1. The Bertz CT molecular complexity index is 1210. The van der Waals surface area contributed by atoms with E-state index >= 15 is 0 Å². The number of amides is 2. The van der Waals surface area contributed by atoms with E-state index in [1.807, 2.05) is 13.8 Å². The molecule has 1 aliphatic carbocycles. The first kappa shape index (κ1) is 34.8. The first-order chi connectivity index (χ1) is 21.1. The lowest BCUT2D eigenvalue weighted by molar-refractivity contribution is -0.130. The number of phenolic OH excluding ortho intramolecular Hbond substituents is 1. The second-order valence-electron chi connectivity index (χ2n) is 12.0. The molecule has 3 atom stereocenters. The molecule has 1 fully saturated rings. The van der Waals surface area contributed by atoms with Crippen molar-refractivity contribution in [2.75, 3.05) is 13.1 Å². The van der Waals surface area contributed by atoms with Gasteiger partial charge in [-0.3, -0.25) is 15.0 Å². The summed E-state index contributed by atoms with van der Waals surface area (Å²) in [5.41, 5.74) is 19.7. The van der Waals surface area contributed by atoms with Crippen LogP contribution in [0.4, 0.5) is 0 Å². The minimum atomic E-state index is -0.951. The van der Waals surface area contributed by atoms with Crippen LogP contribution in [0.2, 0.25) is 0 Å². The highest BCUT2D eigenvalue weighted by Crippen LogP contribution is 2.27. The Morgan fingerprint density at radius 3 is 2.43 bits per heavy atom. The molecule has 11 N–H and O–H groups in total. The Labute approximate surface area is 260 Å². The second kappa shape index (κ2) is 17.6. The predicted octanol–water partition coefficient (Wildman–Crippen LogP) is 2.12. The van der Waals surface area contributed by atoms with Crippen LogP contribution in [0, 0.1) is 25.2 Å². The van der Waals surface area contributed by atoms with Gasteiger partial charge in [0.2, 0.25) is 17.7 Å². The maximum absolute atomic E-state index is 13.9. The lowest BCUT2D eigenvalue weighted by Crippen LogP contribution is -2.53. The number of benzene rings is 1. The molecule has 0 spiro atoms. The van der Waals surface area contributed by atoms with Crippen LogP contribution in [0.15, 0.2) is 16.7 Å². The van der Waals surface area contributed by atoms with E-state index in [1.165, 1.54) is 19.3 Å². The summed E-state index contributed by atoms with van der Waals surface area (Å²) in [7, 11) is 0. The van der Waals surface area contributed by atoms with Crippen LogP contribution < -0.4 is 33.2 Å². The van der Waals surface area contributed by atoms with E-state index < -0.39 is 29.9 Å². The average molecular weight is 614 g/mol. The van der Waals surface area contributed by atoms with Crippen LogP contribution in [0.3, 0.4) is 0 Å². The average Bonchev–Trinajstić information content (AvgIpc) is 3.44. The summed E-state index contributed by atoms with van der Waals surface area (Å²) in [6.07, 6.45) is 9.91. The van der Waals surface area contributed by atoms with Crippen molar-refractivity contribution in [3.63, 3.8) is 0 Å². The molecular weight excluding hydrogens is 562 g/mol. The summed E-state index contributed by atoms with van der Waals surface area (Å²) in [5.74, 6) is 0.652. The van der Waals surface area contributed by atoms with Gasteiger partial charge in [-0.05, 0) is 87.2 Å². The van der Waals surface area contributed by atoms with Gasteiger partial charge in [0.25, 0.3) is 0 Å². The van der Waals surface area contributed by atoms with Crippen LogP contribution in [0.5, 0.6) is 5.75 Å². The van der Waals surface area contributed by atoms with Gasteiger partial charge in [0, 0.05) is 19.4 Å². The number of nitrogens with one attached hydrogen (secondary N) is 4. The number of guanidine groups is 1. The second-order valence-corrected chi connectivity index (χ2v) is 12.0. The van der Waals surface area contributed by atoms with Crippen molar-refractivity contribution in [3.8, 4) is 5.75 Å². The molecule has 244 valence electrons. The third-order valence-electron chi connectivity index (χ3n) is 8.31. The largest absolute Gasteiger partial charge is 0.508 e. The number of nitrogens with zero attached hydrogens (tertiary/aromatic N) is 2. The molecular formula is C31H51N9O4. The maximum atomic E-state index is 13.9. The van der Waals surface area contributed by atoms with Gasteiger partial charge in [0.1, 0.15) is 17.8 Å². The summed E-state index contributed by atoms with van der Waals surface area (Å²) < 4.78 is 5.67. The number of carbonyl (C=O) groups is 2. The molecule has 3 rings (SSSR count). The highest BCUT2D eigenvalue weighted by Gasteiger charge is 2.29. The summed E-state index contributed by atoms with van der Waals surface area (Å²) in [5, 5.41) is 30.1. The van der Waals surface area contributed by atoms with Crippen LogP contribution in [0.1, 0.15) is 98.7 Å². The number of phenols is 1. The van der Waals surface area contributed by atoms with Crippen molar-refractivity contribution in [3.05, 3.63) is 40.5 Å². The highest BCUT2D eigenvalue weighted by molar-refractivity contribution is 5.90. The van der Waals surface area contributed by atoms with Gasteiger partial charge in [-0.15, -0.1) is 0 Å². The molecule has 1 aromatic carbocycles. The van der Waals surface area contributed by atoms with Gasteiger partial charge in [-0.2, -0.15) is 4.98 Å². The number of nitrogens with two attached hydrogens (primary N) is 3. The molecule has 0 saturated heterocycles. The van der Waals surface area contributed by atoms with Gasteiger partial charge >= 0.3 is 0 Å². The Morgan fingerprint density at radius 1 is 1.07 bits per heavy atom. The Morgan fingerprint density at radius 2 is 1.77 bits per heavy atom. The predicted molar refractivity (Wildman–Crippen MR) is 169 cm³/mol. The van der Waals surface area contributed by atoms with Gasteiger partial charge < -0.3 is 42.8 Å². The molecule has 1 saturated carbocycles. The molecule has 2 unspecified atom stereocenters. The molecule has 2 aromatic rings. The topological polar surface area (TPSA) is 231 Å². The first-order valence-electron chi connectivity index (χ1n) is 15.8. The van der Waals surface area contributed by atoms with Gasteiger partial charge in [-0.1, -0.05) is 37.3 Å². The van der Waals surface area contributed by atoms with Gasteiger partial charge in [0.05, 0.1) is 6.04 Å². The fraction of sp³-hybridized carbons (Fsp3) is 0.645. The zero-order valence-electron chi connectivity index (χ0n) is 26.2. The number of rotatable bonds is 17. The quantitative estimate of drug-likeness (QED) is 0.0735. The number of hydrogen-bond donors (Lipinski definition) is 8. The molecule has 1 aliphatic rings.